The van der Waals surface area contributed by atoms with E-state index in [-0.39, 0.29) is 18.9 Å². The Morgan fingerprint density at radius 1 is 1.47 bits per heavy atom. The molecule has 0 aromatic carbocycles. The third-order valence-corrected chi connectivity index (χ3v) is 2.17. The van der Waals surface area contributed by atoms with Crippen molar-refractivity contribution in [3.63, 3.8) is 0 Å². The standard InChI is InChI=1S/C11H24N2O4/c1-11(2,6-10(12)15)13-7-9(14)8-17-5-4-16-3/h9,13-14H,4-8H2,1-3H3,(H2,12,15). The lowest BCUT2D eigenvalue weighted by atomic mass is 10.0. The van der Waals surface area contributed by atoms with Crippen LogP contribution in [0, 0.1) is 0 Å². The summed E-state index contributed by atoms with van der Waals surface area (Å²) in [6.45, 7) is 5.27. The molecule has 0 radical (unpaired) electrons. The molecule has 0 fully saturated rings. The fourth-order valence-corrected chi connectivity index (χ4v) is 1.31. The van der Waals surface area contributed by atoms with Gasteiger partial charge in [-0.2, -0.15) is 0 Å². The predicted molar refractivity (Wildman–Crippen MR) is 64.6 cm³/mol. The second kappa shape index (κ2) is 8.41. The molecule has 0 aromatic heterocycles. The quantitative estimate of drug-likeness (QED) is 0.442. The van der Waals surface area contributed by atoms with Crippen molar-refractivity contribution in [3.05, 3.63) is 0 Å². The lowest BCUT2D eigenvalue weighted by Gasteiger charge is -2.26. The van der Waals surface area contributed by atoms with Crippen LogP contribution in [0.1, 0.15) is 20.3 Å². The van der Waals surface area contributed by atoms with E-state index >= 15 is 0 Å². The molecule has 0 bridgehead atoms. The average molecular weight is 248 g/mol. The van der Waals surface area contributed by atoms with Crippen molar-refractivity contribution >= 4 is 5.91 Å². The molecule has 1 unspecified atom stereocenters. The van der Waals surface area contributed by atoms with Gasteiger partial charge in [-0.05, 0) is 13.8 Å². The van der Waals surface area contributed by atoms with Crippen LogP contribution in [-0.4, -0.2) is 56.1 Å². The Bertz CT molecular complexity index is 222. The van der Waals surface area contributed by atoms with Gasteiger partial charge >= 0.3 is 0 Å². The summed E-state index contributed by atoms with van der Waals surface area (Å²) in [6.07, 6.45) is -0.386. The number of β-amino-alcohol motifs (C(OH)–C–C–N with tert-alkyl or cyclic N) is 1. The van der Waals surface area contributed by atoms with E-state index in [4.69, 9.17) is 15.2 Å². The number of hydrogen-bond acceptors (Lipinski definition) is 5. The first-order chi connectivity index (χ1) is 7.87. The first kappa shape index (κ1) is 16.3. The van der Waals surface area contributed by atoms with Gasteiger partial charge < -0.3 is 25.6 Å². The number of hydrogen-bond donors (Lipinski definition) is 3. The highest BCUT2D eigenvalue weighted by atomic mass is 16.5. The summed E-state index contributed by atoms with van der Waals surface area (Å²) in [5.74, 6) is -0.367. The number of amides is 1. The minimum Gasteiger partial charge on any atom is -0.389 e. The number of rotatable bonds is 10. The number of methoxy groups -OCH3 is 1. The molecule has 1 amide bonds. The number of nitrogens with two attached hydrogens (primary N) is 1. The zero-order valence-electron chi connectivity index (χ0n) is 10.9. The van der Waals surface area contributed by atoms with Gasteiger partial charge in [0.2, 0.25) is 5.91 Å². The molecule has 0 rings (SSSR count). The topological polar surface area (TPSA) is 93.8 Å². The van der Waals surface area contributed by atoms with Crippen molar-refractivity contribution in [1.82, 2.24) is 5.32 Å². The largest absolute Gasteiger partial charge is 0.389 e. The Morgan fingerprint density at radius 2 is 2.12 bits per heavy atom. The van der Waals surface area contributed by atoms with Crippen LogP contribution < -0.4 is 11.1 Å². The van der Waals surface area contributed by atoms with E-state index in [0.717, 1.165) is 0 Å². The summed E-state index contributed by atoms with van der Waals surface area (Å²) in [5.41, 5.74) is 4.70. The number of aliphatic hydroxyl groups excluding tert-OH is 1. The second-order valence-corrected chi connectivity index (χ2v) is 4.63. The van der Waals surface area contributed by atoms with Crippen LogP contribution in [-0.2, 0) is 14.3 Å². The van der Waals surface area contributed by atoms with Gasteiger partial charge in [0.1, 0.15) is 0 Å². The van der Waals surface area contributed by atoms with Crippen LogP contribution in [0.2, 0.25) is 0 Å². The van der Waals surface area contributed by atoms with Crippen LogP contribution in [0.15, 0.2) is 0 Å². The number of ether oxygens (including phenoxy) is 2. The van der Waals surface area contributed by atoms with Gasteiger partial charge in [-0.3, -0.25) is 4.79 Å². The van der Waals surface area contributed by atoms with E-state index in [9.17, 15) is 9.90 Å². The molecule has 4 N–H and O–H groups in total. The Balaban J connectivity index is 3.67. The molecular formula is C11H24N2O4. The van der Waals surface area contributed by atoms with E-state index in [2.05, 4.69) is 5.32 Å². The number of carbonyl (C=O) groups is 1. The van der Waals surface area contributed by atoms with Gasteiger partial charge in [-0.1, -0.05) is 0 Å². The molecule has 102 valence electrons. The van der Waals surface area contributed by atoms with E-state index < -0.39 is 11.6 Å². The summed E-state index contributed by atoms with van der Waals surface area (Å²) in [6, 6.07) is 0. The molecule has 0 spiro atoms. The first-order valence-corrected chi connectivity index (χ1v) is 5.65. The molecule has 0 heterocycles. The second-order valence-electron chi connectivity index (χ2n) is 4.63. The summed E-state index contributed by atoms with van der Waals surface area (Å²) < 4.78 is 9.98. The van der Waals surface area contributed by atoms with Gasteiger partial charge in [0.05, 0.1) is 25.9 Å². The molecule has 0 aromatic rings. The lowest BCUT2D eigenvalue weighted by molar-refractivity contribution is -0.119. The smallest absolute Gasteiger partial charge is 0.219 e. The van der Waals surface area contributed by atoms with Gasteiger partial charge in [-0.15, -0.1) is 0 Å². The van der Waals surface area contributed by atoms with Gasteiger partial charge in [-0.25, -0.2) is 0 Å². The Morgan fingerprint density at radius 3 is 2.65 bits per heavy atom. The van der Waals surface area contributed by atoms with E-state index in [1.807, 2.05) is 13.8 Å². The Hall–Kier alpha value is -0.690. The molecule has 6 heteroatoms. The van der Waals surface area contributed by atoms with Gasteiger partial charge in [0.15, 0.2) is 0 Å². The average Bonchev–Trinajstić information content (AvgIpc) is 2.20. The van der Waals surface area contributed by atoms with Crippen molar-refractivity contribution in [2.45, 2.75) is 31.9 Å². The number of aliphatic hydroxyl groups is 1. The maximum absolute atomic E-state index is 10.8. The highest BCUT2D eigenvalue weighted by Gasteiger charge is 2.20. The minimum absolute atomic E-state index is 0.226. The molecule has 17 heavy (non-hydrogen) atoms. The third kappa shape index (κ3) is 10.2. The maximum atomic E-state index is 10.8. The highest BCUT2D eigenvalue weighted by Crippen LogP contribution is 2.07. The molecule has 0 aliphatic heterocycles. The summed E-state index contributed by atoms with van der Waals surface area (Å²) in [5, 5.41) is 12.7. The van der Waals surface area contributed by atoms with Gasteiger partial charge in [0.25, 0.3) is 0 Å². The maximum Gasteiger partial charge on any atom is 0.219 e. The van der Waals surface area contributed by atoms with Crippen molar-refractivity contribution in [3.8, 4) is 0 Å². The van der Waals surface area contributed by atoms with Gasteiger partial charge in [0, 0.05) is 25.6 Å². The Kier molecular flexibility index (Phi) is 8.07. The van der Waals surface area contributed by atoms with Crippen LogP contribution in [0.3, 0.4) is 0 Å². The van der Waals surface area contributed by atoms with Crippen LogP contribution >= 0.6 is 0 Å². The van der Waals surface area contributed by atoms with Crippen LogP contribution in [0.4, 0.5) is 0 Å². The highest BCUT2D eigenvalue weighted by molar-refractivity contribution is 5.74. The number of nitrogens with one attached hydrogen (secondary N) is 1. The fraction of sp³-hybridized carbons (Fsp3) is 0.909. The SMILES string of the molecule is COCCOCC(O)CNC(C)(C)CC(N)=O. The zero-order valence-corrected chi connectivity index (χ0v) is 10.9. The third-order valence-electron chi connectivity index (χ3n) is 2.17. The van der Waals surface area contributed by atoms with E-state index in [1.54, 1.807) is 7.11 Å². The molecular weight excluding hydrogens is 224 g/mol. The molecule has 6 nitrogen and oxygen atoms in total. The van der Waals surface area contributed by atoms with Crippen molar-refractivity contribution < 1.29 is 19.4 Å². The summed E-state index contributed by atoms with van der Waals surface area (Å²) >= 11 is 0. The number of carbonyl (C=O) groups excluding carboxylic acids is 1. The van der Waals surface area contributed by atoms with Crippen molar-refractivity contribution in [2.24, 2.45) is 5.73 Å². The Labute approximate surface area is 102 Å². The molecule has 0 aliphatic rings. The van der Waals surface area contributed by atoms with Crippen molar-refractivity contribution in [2.75, 3.05) is 33.5 Å². The molecule has 0 saturated carbocycles. The predicted octanol–water partition coefficient (Wildman–Crippen LogP) is -0.746. The lowest BCUT2D eigenvalue weighted by Crippen LogP contribution is -2.46. The molecule has 1 atom stereocenters. The van der Waals surface area contributed by atoms with Crippen LogP contribution in [0.25, 0.3) is 0 Å². The van der Waals surface area contributed by atoms with Crippen molar-refractivity contribution in [1.29, 1.82) is 0 Å². The van der Waals surface area contributed by atoms with E-state index in [0.29, 0.717) is 19.8 Å². The first-order valence-electron chi connectivity index (χ1n) is 5.65. The number of primary amides is 1. The zero-order chi connectivity index (χ0) is 13.3. The van der Waals surface area contributed by atoms with E-state index in [1.165, 1.54) is 0 Å². The minimum atomic E-state index is -0.612. The monoisotopic (exact) mass is 248 g/mol. The normalized spacial score (nSPS) is 13.6. The van der Waals surface area contributed by atoms with Crippen LogP contribution in [0.5, 0.6) is 0 Å². The molecule has 0 aliphatic carbocycles. The summed E-state index contributed by atoms with van der Waals surface area (Å²) in [7, 11) is 1.59. The summed E-state index contributed by atoms with van der Waals surface area (Å²) in [4.78, 5) is 10.8. The fourth-order valence-electron chi connectivity index (χ4n) is 1.31. The molecule has 0 saturated heterocycles.